The van der Waals surface area contributed by atoms with Gasteiger partial charge in [0.15, 0.2) is 5.82 Å². The lowest BCUT2D eigenvalue weighted by atomic mass is 10.2. The maximum Gasteiger partial charge on any atom is 0.274 e. The maximum atomic E-state index is 13.5. The van der Waals surface area contributed by atoms with Crippen molar-refractivity contribution in [1.29, 1.82) is 0 Å². The summed E-state index contributed by atoms with van der Waals surface area (Å²) >= 11 is 0. The summed E-state index contributed by atoms with van der Waals surface area (Å²) in [5.74, 6) is 0.103. The molecule has 1 saturated heterocycles. The second-order valence-corrected chi connectivity index (χ2v) is 8.14. The van der Waals surface area contributed by atoms with Crippen LogP contribution in [0.4, 0.5) is 10.2 Å². The van der Waals surface area contributed by atoms with E-state index in [0.717, 1.165) is 17.1 Å². The second kappa shape index (κ2) is 9.80. The fraction of sp³-hybridized carbons (Fsp3) is 0.200. The average molecular weight is 471 g/mol. The molecular weight excluding hydrogens is 449 g/mol. The van der Waals surface area contributed by atoms with E-state index in [2.05, 4.69) is 25.2 Å². The van der Waals surface area contributed by atoms with Gasteiger partial charge in [-0.15, -0.1) is 10.2 Å². The summed E-state index contributed by atoms with van der Waals surface area (Å²) in [5, 5.41) is 12.9. The molecule has 4 aromatic rings. The van der Waals surface area contributed by atoms with Gasteiger partial charge in [0, 0.05) is 50.2 Å². The molecule has 0 N–H and O–H groups in total. The highest BCUT2D eigenvalue weighted by molar-refractivity contribution is 5.92. The Morgan fingerprint density at radius 2 is 1.71 bits per heavy atom. The van der Waals surface area contributed by atoms with Gasteiger partial charge in [0.05, 0.1) is 12.2 Å². The van der Waals surface area contributed by atoms with Crippen LogP contribution in [0.3, 0.4) is 0 Å². The van der Waals surface area contributed by atoms with Crippen LogP contribution in [-0.2, 0) is 6.54 Å². The van der Waals surface area contributed by atoms with E-state index in [9.17, 15) is 14.0 Å². The third-order valence-electron chi connectivity index (χ3n) is 5.82. The highest BCUT2D eigenvalue weighted by atomic mass is 19.1. The van der Waals surface area contributed by atoms with Crippen molar-refractivity contribution in [2.45, 2.75) is 6.54 Å². The molecule has 10 heteroatoms. The zero-order valence-electron chi connectivity index (χ0n) is 18.8. The van der Waals surface area contributed by atoms with Crippen molar-refractivity contribution >= 4 is 11.7 Å². The van der Waals surface area contributed by atoms with Crippen molar-refractivity contribution in [3.05, 3.63) is 100 Å². The fourth-order valence-electron chi connectivity index (χ4n) is 3.96. The molecule has 0 atom stereocenters. The number of nitrogens with zero attached hydrogens (tertiary/aromatic N) is 7. The Morgan fingerprint density at radius 3 is 2.43 bits per heavy atom. The van der Waals surface area contributed by atoms with Gasteiger partial charge < -0.3 is 9.80 Å². The summed E-state index contributed by atoms with van der Waals surface area (Å²) in [7, 11) is 0. The maximum absolute atomic E-state index is 13.5. The minimum atomic E-state index is -0.391. The zero-order chi connectivity index (χ0) is 24.2. The predicted octanol–water partition coefficient (Wildman–Crippen LogP) is 2.25. The Morgan fingerprint density at radius 1 is 0.914 bits per heavy atom. The van der Waals surface area contributed by atoms with Gasteiger partial charge in [-0.05, 0) is 48.0 Å². The van der Waals surface area contributed by atoms with E-state index >= 15 is 0 Å². The highest BCUT2D eigenvalue weighted by Gasteiger charge is 2.24. The van der Waals surface area contributed by atoms with Gasteiger partial charge in [-0.2, -0.15) is 5.10 Å². The largest absolute Gasteiger partial charge is 0.352 e. The topological polar surface area (TPSA) is 97.1 Å². The lowest BCUT2D eigenvalue weighted by Crippen LogP contribution is -2.49. The molecule has 176 valence electrons. The number of halogens is 1. The molecule has 5 rings (SSSR count). The van der Waals surface area contributed by atoms with Crippen molar-refractivity contribution in [3.63, 3.8) is 0 Å². The average Bonchev–Trinajstić information content (AvgIpc) is 2.90. The number of carbonyl (C=O) groups excluding carboxylic acids is 1. The Balaban J connectivity index is 1.23. The molecule has 0 unspecified atom stereocenters. The Hall–Kier alpha value is -4.47. The molecule has 0 bridgehead atoms. The first-order chi connectivity index (χ1) is 17.1. The van der Waals surface area contributed by atoms with E-state index in [1.807, 2.05) is 24.3 Å². The van der Waals surface area contributed by atoms with Crippen molar-refractivity contribution in [1.82, 2.24) is 29.9 Å². The van der Waals surface area contributed by atoms with Crippen LogP contribution in [0, 0.1) is 5.82 Å². The van der Waals surface area contributed by atoms with Crippen LogP contribution in [-0.4, -0.2) is 61.9 Å². The summed E-state index contributed by atoms with van der Waals surface area (Å²) in [6.07, 6.45) is 3.42. The van der Waals surface area contributed by atoms with E-state index in [1.165, 1.54) is 28.9 Å². The van der Waals surface area contributed by atoms with Gasteiger partial charge >= 0.3 is 0 Å². The van der Waals surface area contributed by atoms with Gasteiger partial charge in [-0.1, -0.05) is 12.1 Å². The van der Waals surface area contributed by atoms with E-state index in [4.69, 9.17) is 0 Å². The van der Waals surface area contributed by atoms with Crippen LogP contribution in [0.2, 0.25) is 0 Å². The summed E-state index contributed by atoms with van der Waals surface area (Å²) in [6, 6.07) is 16.3. The molecule has 1 aromatic carbocycles. The van der Waals surface area contributed by atoms with Gasteiger partial charge in [-0.25, -0.2) is 9.07 Å². The van der Waals surface area contributed by atoms with Crippen LogP contribution in [0.1, 0.15) is 16.1 Å². The number of amides is 1. The summed E-state index contributed by atoms with van der Waals surface area (Å²) in [5.41, 5.74) is 2.12. The highest BCUT2D eigenvalue weighted by Crippen LogP contribution is 2.19. The summed E-state index contributed by atoms with van der Waals surface area (Å²) < 4.78 is 14.7. The molecular formula is C25H22FN7O2. The Labute approximate surface area is 200 Å². The van der Waals surface area contributed by atoms with E-state index in [1.54, 1.807) is 29.4 Å². The Bertz CT molecular complexity index is 1390. The van der Waals surface area contributed by atoms with E-state index in [0.29, 0.717) is 31.7 Å². The van der Waals surface area contributed by atoms with E-state index < -0.39 is 5.82 Å². The molecule has 1 aliphatic rings. The quantitative estimate of drug-likeness (QED) is 0.440. The molecule has 0 aliphatic carbocycles. The molecule has 9 nitrogen and oxygen atoms in total. The van der Waals surface area contributed by atoms with E-state index in [-0.39, 0.29) is 23.7 Å². The van der Waals surface area contributed by atoms with Gasteiger partial charge in [0.2, 0.25) is 0 Å². The number of hydrogen-bond acceptors (Lipinski definition) is 7. The predicted molar refractivity (Wildman–Crippen MR) is 127 cm³/mol. The number of piperazine rings is 1. The standard InChI is InChI=1S/C25H22FN7O2/c26-20-3-1-2-18(16-20)17-33-24(34)7-5-22(30-33)25(35)32-14-12-31(13-15-32)23-6-4-21(28-29-23)19-8-10-27-11-9-19/h1-11,16H,12-15,17H2. The van der Waals surface area contributed by atoms with Crippen LogP contribution in [0.15, 0.2) is 77.9 Å². The number of hydrogen-bond donors (Lipinski definition) is 0. The third-order valence-corrected chi connectivity index (χ3v) is 5.82. The molecule has 1 aliphatic heterocycles. The molecule has 0 radical (unpaired) electrons. The van der Waals surface area contributed by atoms with Crippen molar-refractivity contribution in [2.75, 3.05) is 31.1 Å². The minimum absolute atomic E-state index is 0.0830. The molecule has 0 saturated carbocycles. The van der Waals surface area contributed by atoms with Crippen LogP contribution in [0.5, 0.6) is 0 Å². The first-order valence-electron chi connectivity index (χ1n) is 11.2. The third kappa shape index (κ3) is 5.06. The van der Waals surface area contributed by atoms with Gasteiger partial charge in [-0.3, -0.25) is 14.6 Å². The monoisotopic (exact) mass is 471 g/mol. The molecule has 1 fully saturated rings. The Kier molecular flexibility index (Phi) is 6.25. The lowest BCUT2D eigenvalue weighted by molar-refractivity contribution is 0.0737. The van der Waals surface area contributed by atoms with Crippen LogP contribution in [0.25, 0.3) is 11.3 Å². The number of rotatable bonds is 5. The SMILES string of the molecule is O=C(c1ccc(=O)n(Cc2cccc(F)c2)n1)N1CCN(c2ccc(-c3ccncc3)nn2)CC1. The number of benzene rings is 1. The molecule has 3 aromatic heterocycles. The van der Waals surface area contributed by atoms with Gasteiger partial charge in [0.1, 0.15) is 11.5 Å². The summed E-state index contributed by atoms with van der Waals surface area (Å²) in [6.45, 7) is 2.24. The van der Waals surface area contributed by atoms with Crippen molar-refractivity contribution < 1.29 is 9.18 Å². The van der Waals surface area contributed by atoms with Crippen molar-refractivity contribution in [2.24, 2.45) is 0 Å². The number of pyridine rings is 1. The number of aromatic nitrogens is 5. The molecule has 4 heterocycles. The fourth-order valence-corrected chi connectivity index (χ4v) is 3.96. The molecule has 0 spiro atoms. The second-order valence-electron chi connectivity index (χ2n) is 8.14. The summed E-state index contributed by atoms with van der Waals surface area (Å²) in [4.78, 5) is 33.1. The van der Waals surface area contributed by atoms with Crippen molar-refractivity contribution in [3.8, 4) is 11.3 Å². The minimum Gasteiger partial charge on any atom is -0.352 e. The molecule has 35 heavy (non-hydrogen) atoms. The number of anilines is 1. The molecule has 1 amide bonds. The first-order valence-corrected chi connectivity index (χ1v) is 11.2. The van der Waals surface area contributed by atoms with Gasteiger partial charge in [0.25, 0.3) is 11.5 Å². The smallest absolute Gasteiger partial charge is 0.274 e. The van der Waals surface area contributed by atoms with Crippen LogP contribution >= 0.6 is 0 Å². The lowest BCUT2D eigenvalue weighted by Gasteiger charge is -2.35. The number of carbonyl (C=O) groups is 1. The first kappa shape index (κ1) is 22.3. The zero-order valence-corrected chi connectivity index (χ0v) is 18.8. The normalized spacial score (nSPS) is 13.6. The van der Waals surface area contributed by atoms with Crippen LogP contribution < -0.4 is 10.5 Å².